The van der Waals surface area contributed by atoms with Gasteiger partial charge in [-0.05, 0) is 6.42 Å². The van der Waals surface area contributed by atoms with E-state index in [0.29, 0.717) is 0 Å². The lowest BCUT2D eigenvalue weighted by atomic mass is 10.4. The first-order valence-corrected chi connectivity index (χ1v) is 6.38. The van der Waals surface area contributed by atoms with E-state index in [1.165, 1.54) is 37.6 Å². The van der Waals surface area contributed by atoms with Gasteiger partial charge in [0.05, 0.1) is 0 Å². The molecule has 1 rings (SSSR count). The highest BCUT2D eigenvalue weighted by Crippen LogP contribution is 2.08. The minimum atomic E-state index is 0.906. The van der Waals surface area contributed by atoms with Gasteiger partial charge in [-0.3, -0.25) is 0 Å². The number of hydrogen-bond donors (Lipinski definition) is 0. The number of thioether (sulfide) groups is 1. The zero-order valence-corrected chi connectivity index (χ0v) is 10.0. The molecule has 1 aliphatic rings. The highest BCUT2D eigenvalue weighted by atomic mass is 32.2. The number of rotatable bonds is 4. The van der Waals surface area contributed by atoms with E-state index in [1.807, 2.05) is 13.8 Å². The molecule has 1 saturated heterocycles. The molecule has 0 radical (unpaired) electrons. The van der Waals surface area contributed by atoms with E-state index in [9.17, 15) is 0 Å². The molecule has 13 heavy (non-hydrogen) atoms. The first-order valence-electron chi connectivity index (χ1n) is 5.22. The van der Waals surface area contributed by atoms with Gasteiger partial charge in [-0.25, -0.2) is 0 Å². The predicted octanol–water partition coefficient (Wildman–Crippen LogP) is 2.10. The van der Waals surface area contributed by atoms with Crippen LogP contribution < -0.4 is 0 Å². The molecule has 0 unspecified atom stereocenters. The molecular formula is C10H23NOS. The normalized spacial score (nSPS) is 17.8. The summed E-state index contributed by atoms with van der Waals surface area (Å²) in [5.41, 5.74) is 0. The maximum absolute atomic E-state index is 5.00. The maximum atomic E-state index is 5.00. The molecule has 0 aliphatic carbocycles. The Hall–Kier alpha value is 0.270. The monoisotopic (exact) mass is 205 g/mol. The van der Waals surface area contributed by atoms with Gasteiger partial charge in [0.15, 0.2) is 0 Å². The third-order valence-corrected chi connectivity index (χ3v) is 2.87. The third kappa shape index (κ3) is 7.35. The summed E-state index contributed by atoms with van der Waals surface area (Å²) in [6, 6.07) is 0. The first-order chi connectivity index (χ1) is 6.43. The summed E-state index contributed by atoms with van der Waals surface area (Å²) < 4.78 is 5.00. The first kappa shape index (κ1) is 13.3. The Morgan fingerprint density at radius 1 is 1.23 bits per heavy atom. The van der Waals surface area contributed by atoms with Crippen LogP contribution in [0.5, 0.6) is 0 Å². The molecule has 0 atom stereocenters. The van der Waals surface area contributed by atoms with Crippen LogP contribution in [-0.4, -0.2) is 49.8 Å². The van der Waals surface area contributed by atoms with Crippen LogP contribution in [0.2, 0.25) is 0 Å². The van der Waals surface area contributed by atoms with Crippen molar-refractivity contribution in [1.82, 2.24) is 4.90 Å². The van der Waals surface area contributed by atoms with E-state index in [1.54, 1.807) is 7.11 Å². The molecule has 1 heterocycles. The second-order valence-electron chi connectivity index (χ2n) is 2.80. The van der Waals surface area contributed by atoms with Crippen molar-refractivity contribution in [2.45, 2.75) is 20.3 Å². The average Bonchev–Trinajstić information content (AvgIpc) is 2.23. The Bertz CT molecular complexity index is 94.9. The summed E-state index contributed by atoms with van der Waals surface area (Å²) in [5.74, 6) is 2.62. The summed E-state index contributed by atoms with van der Waals surface area (Å²) in [4.78, 5) is 2.52. The summed E-state index contributed by atoms with van der Waals surface area (Å²) in [5, 5.41) is 0. The lowest BCUT2D eigenvalue weighted by Gasteiger charge is -2.25. The fourth-order valence-electron chi connectivity index (χ4n) is 1.26. The van der Waals surface area contributed by atoms with Gasteiger partial charge in [-0.15, -0.1) is 0 Å². The van der Waals surface area contributed by atoms with Crippen molar-refractivity contribution < 1.29 is 4.74 Å². The van der Waals surface area contributed by atoms with E-state index in [-0.39, 0.29) is 0 Å². The molecule has 0 spiro atoms. The van der Waals surface area contributed by atoms with Gasteiger partial charge < -0.3 is 9.64 Å². The number of hydrogen-bond acceptors (Lipinski definition) is 3. The van der Waals surface area contributed by atoms with Crippen molar-refractivity contribution in [1.29, 1.82) is 0 Å². The minimum Gasteiger partial charge on any atom is -0.385 e. The number of ether oxygens (including phenoxy) is 1. The van der Waals surface area contributed by atoms with Gasteiger partial charge in [-0.1, -0.05) is 13.8 Å². The van der Waals surface area contributed by atoms with Crippen molar-refractivity contribution in [2.24, 2.45) is 0 Å². The van der Waals surface area contributed by atoms with Crippen molar-refractivity contribution in [2.75, 3.05) is 44.9 Å². The molecule has 0 aromatic carbocycles. The lowest BCUT2D eigenvalue weighted by Crippen LogP contribution is -2.33. The van der Waals surface area contributed by atoms with Crippen molar-refractivity contribution >= 4 is 11.8 Å². The molecule has 0 aromatic heterocycles. The Morgan fingerprint density at radius 3 is 2.38 bits per heavy atom. The topological polar surface area (TPSA) is 12.5 Å². The van der Waals surface area contributed by atoms with Crippen LogP contribution in [0.3, 0.4) is 0 Å². The van der Waals surface area contributed by atoms with Crippen LogP contribution >= 0.6 is 11.8 Å². The van der Waals surface area contributed by atoms with Crippen LogP contribution in [0, 0.1) is 0 Å². The molecular weight excluding hydrogens is 182 g/mol. The highest BCUT2D eigenvalue weighted by molar-refractivity contribution is 7.99. The summed E-state index contributed by atoms with van der Waals surface area (Å²) >= 11 is 2.06. The standard InChI is InChI=1S/C8H17NOS.C2H6/c1-10-6-2-3-9-4-7-11-8-5-9;1-2/h2-8H2,1H3;1-2H3. The fourth-order valence-corrected chi connectivity index (χ4v) is 2.24. The van der Waals surface area contributed by atoms with Gasteiger partial charge in [0.2, 0.25) is 0 Å². The third-order valence-electron chi connectivity index (χ3n) is 1.93. The van der Waals surface area contributed by atoms with Crippen molar-refractivity contribution in [3.63, 3.8) is 0 Å². The minimum absolute atomic E-state index is 0.906. The van der Waals surface area contributed by atoms with Gasteiger partial charge >= 0.3 is 0 Å². The van der Waals surface area contributed by atoms with E-state index in [2.05, 4.69) is 16.7 Å². The largest absolute Gasteiger partial charge is 0.385 e. The van der Waals surface area contributed by atoms with E-state index >= 15 is 0 Å². The molecule has 80 valence electrons. The summed E-state index contributed by atoms with van der Waals surface area (Å²) in [7, 11) is 1.77. The van der Waals surface area contributed by atoms with Crippen LogP contribution in [0.15, 0.2) is 0 Å². The second kappa shape index (κ2) is 10.4. The molecule has 0 amide bonds. The van der Waals surface area contributed by atoms with E-state index in [4.69, 9.17) is 4.74 Å². The van der Waals surface area contributed by atoms with Crippen LogP contribution in [0.4, 0.5) is 0 Å². The number of methoxy groups -OCH3 is 1. The Morgan fingerprint density at radius 2 is 1.85 bits per heavy atom. The molecule has 0 aromatic rings. The molecule has 3 heteroatoms. The molecule has 2 nitrogen and oxygen atoms in total. The Labute approximate surface area is 87.0 Å². The van der Waals surface area contributed by atoms with Gasteiger partial charge in [0.25, 0.3) is 0 Å². The Kier molecular flexibility index (Phi) is 10.6. The molecule has 1 aliphatic heterocycles. The van der Waals surface area contributed by atoms with E-state index < -0.39 is 0 Å². The lowest BCUT2D eigenvalue weighted by molar-refractivity contribution is 0.175. The smallest absolute Gasteiger partial charge is 0.0474 e. The summed E-state index contributed by atoms with van der Waals surface area (Å²) in [6.07, 6.45) is 1.18. The van der Waals surface area contributed by atoms with Crippen molar-refractivity contribution in [3.05, 3.63) is 0 Å². The zero-order valence-electron chi connectivity index (χ0n) is 9.21. The maximum Gasteiger partial charge on any atom is 0.0474 e. The Balaban J connectivity index is 0.000000671. The predicted molar refractivity (Wildman–Crippen MR) is 61.6 cm³/mol. The highest BCUT2D eigenvalue weighted by Gasteiger charge is 2.08. The molecule has 0 bridgehead atoms. The zero-order chi connectivity index (χ0) is 9.94. The van der Waals surface area contributed by atoms with E-state index in [0.717, 1.165) is 6.61 Å². The SMILES string of the molecule is CC.COCCCN1CCSCC1. The van der Waals surface area contributed by atoms with Crippen LogP contribution in [-0.2, 0) is 4.74 Å². The molecule has 0 saturated carbocycles. The van der Waals surface area contributed by atoms with Crippen LogP contribution in [0.1, 0.15) is 20.3 Å². The number of nitrogens with zero attached hydrogens (tertiary/aromatic N) is 1. The molecule has 1 fully saturated rings. The average molecular weight is 205 g/mol. The van der Waals surface area contributed by atoms with Gasteiger partial charge in [-0.2, -0.15) is 11.8 Å². The van der Waals surface area contributed by atoms with Gasteiger partial charge in [0, 0.05) is 44.9 Å². The summed E-state index contributed by atoms with van der Waals surface area (Å²) in [6.45, 7) is 8.67. The van der Waals surface area contributed by atoms with Crippen LogP contribution in [0.25, 0.3) is 0 Å². The second-order valence-corrected chi connectivity index (χ2v) is 4.03. The van der Waals surface area contributed by atoms with Crippen molar-refractivity contribution in [3.8, 4) is 0 Å². The molecule has 0 N–H and O–H groups in total. The van der Waals surface area contributed by atoms with Gasteiger partial charge in [0.1, 0.15) is 0 Å². The quantitative estimate of drug-likeness (QED) is 0.652. The fraction of sp³-hybridized carbons (Fsp3) is 1.00.